The summed E-state index contributed by atoms with van der Waals surface area (Å²) in [6.07, 6.45) is 0. The third-order valence-corrected chi connectivity index (χ3v) is 5.25. The summed E-state index contributed by atoms with van der Waals surface area (Å²) in [4.78, 5) is 4.54. The van der Waals surface area contributed by atoms with Crippen molar-refractivity contribution in [3.63, 3.8) is 0 Å². The second-order valence-corrected chi connectivity index (χ2v) is 7.76. The van der Waals surface area contributed by atoms with Crippen molar-refractivity contribution in [2.45, 2.75) is 31.8 Å². The Kier molecular flexibility index (Phi) is 4.85. The third-order valence-electron chi connectivity index (χ3n) is 5.25. The number of hydrogen-bond acceptors (Lipinski definition) is 3. The van der Waals surface area contributed by atoms with Crippen LogP contribution in [0.1, 0.15) is 36.6 Å². The van der Waals surface area contributed by atoms with Gasteiger partial charge in [-0.2, -0.15) is 0 Å². The van der Waals surface area contributed by atoms with Gasteiger partial charge in [0.25, 0.3) is 0 Å². The Labute approximate surface area is 150 Å². The Bertz CT molecular complexity index is 755. The standard InChI is InChI=1S/C21H28FN3/c1-21(2,17-9-5-6-10-18(17)22)14-25-13-16-15(20(25)12-23)8-7-11-19(16)24(3)4/h5-11,20H,12-14,23H2,1-4H3. The minimum atomic E-state index is -0.293. The number of hydrogen-bond donors (Lipinski definition) is 1. The summed E-state index contributed by atoms with van der Waals surface area (Å²) in [5, 5.41) is 0. The van der Waals surface area contributed by atoms with E-state index >= 15 is 0 Å². The number of benzene rings is 2. The van der Waals surface area contributed by atoms with Gasteiger partial charge in [-0.25, -0.2) is 4.39 Å². The van der Waals surface area contributed by atoms with Crippen molar-refractivity contribution in [1.82, 2.24) is 4.90 Å². The highest BCUT2D eigenvalue weighted by molar-refractivity contribution is 5.58. The second-order valence-electron chi connectivity index (χ2n) is 7.76. The second kappa shape index (κ2) is 6.77. The van der Waals surface area contributed by atoms with Gasteiger partial charge in [0.05, 0.1) is 0 Å². The highest BCUT2D eigenvalue weighted by atomic mass is 19.1. The largest absolute Gasteiger partial charge is 0.377 e. The summed E-state index contributed by atoms with van der Waals surface area (Å²) < 4.78 is 14.3. The molecule has 134 valence electrons. The SMILES string of the molecule is CN(C)c1cccc2c1CN(CC(C)(C)c1ccccc1F)C2CN. The van der Waals surface area contributed by atoms with E-state index < -0.39 is 0 Å². The van der Waals surface area contributed by atoms with Gasteiger partial charge in [0.1, 0.15) is 5.82 Å². The lowest BCUT2D eigenvalue weighted by Crippen LogP contribution is -2.38. The van der Waals surface area contributed by atoms with Gasteiger partial charge in [-0.1, -0.05) is 44.2 Å². The minimum absolute atomic E-state index is 0.137. The molecule has 4 heteroatoms. The van der Waals surface area contributed by atoms with Gasteiger partial charge in [-0.05, 0) is 28.8 Å². The first-order valence-corrected chi connectivity index (χ1v) is 8.83. The summed E-state index contributed by atoms with van der Waals surface area (Å²) in [5.41, 5.74) is 10.5. The molecular formula is C21H28FN3. The highest BCUT2D eigenvalue weighted by Gasteiger charge is 2.36. The molecule has 25 heavy (non-hydrogen) atoms. The predicted octanol–water partition coefficient (Wildman–Crippen LogP) is 3.68. The Morgan fingerprint density at radius 2 is 1.88 bits per heavy atom. The van der Waals surface area contributed by atoms with E-state index in [1.165, 1.54) is 16.8 Å². The molecule has 2 aromatic rings. The molecule has 0 bridgehead atoms. The van der Waals surface area contributed by atoms with Gasteiger partial charge < -0.3 is 10.6 Å². The molecule has 1 aliphatic rings. The number of nitrogens with two attached hydrogens (primary N) is 1. The Balaban J connectivity index is 1.91. The zero-order valence-corrected chi connectivity index (χ0v) is 15.6. The van der Waals surface area contributed by atoms with E-state index in [-0.39, 0.29) is 17.3 Å². The third kappa shape index (κ3) is 3.29. The fraction of sp³-hybridized carbons (Fsp3) is 0.429. The van der Waals surface area contributed by atoms with Crippen LogP contribution in [-0.4, -0.2) is 32.1 Å². The van der Waals surface area contributed by atoms with Gasteiger partial charge in [-0.3, -0.25) is 4.90 Å². The van der Waals surface area contributed by atoms with E-state index in [9.17, 15) is 4.39 Å². The van der Waals surface area contributed by atoms with Crippen molar-refractivity contribution in [2.75, 3.05) is 32.1 Å². The van der Waals surface area contributed by atoms with Gasteiger partial charge in [0.2, 0.25) is 0 Å². The van der Waals surface area contributed by atoms with Gasteiger partial charge in [0, 0.05) is 50.9 Å². The molecule has 1 heterocycles. The van der Waals surface area contributed by atoms with E-state index in [2.05, 4.69) is 55.9 Å². The molecule has 3 nitrogen and oxygen atoms in total. The molecule has 2 aromatic carbocycles. The monoisotopic (exact) mass is 341 g/mol. The summed E-state index contributed by atoms with van der Waals surface area (Å²) >= 11 is 0. The first kappa shape index (κ1) is 17.9. The molecule has 1 unspecified atom stereocenters. The fourth-order valence-electron chi connectivity index (χ4n) is 4.05. The van der Waals surface area contributed by atoms with Crippen LogP contribution in [0.25, 0.3) is 0 Å². The van der Waals surface area contributed by atoms with Crippen LogP contribution < -0.4 is 10.6 Å². The van der Waals surface area contributed by atoms with Crippen LogP contribution >= 0.6 is 0 Å². The zero-order chi connectivity index (χ0) is 18.2. The maximum atomic E-state index is 14.3. The van der Waals surface area contributed by atoms with Gasteiger partial charge in [-0.15, -0.1) is 0 Å². The molecule has 2 N–H and O–H groups in total. The molecule has 0 radical (unpaired) electrons. The lowest BCUT2D eigenvalue weighted by molar-refractivity contribution is 0.177. The first-order chi connectivity index (χ1) is 11.8. The molecule has 1 atom stereocenters. The van der Waals surface area contributed by atoms with E-state index in [1.807, 2.05) is 12.1 Å². The predicted molar refractivity (Wildman–Crippen MR) is 102 cm³/mol. The molecule has 0 aromatic heterocycles. The van der Waals surface area contributed by atoms with E-state index in [0.29, 0.717) is 6.54 Å². The highest BCUT2D eigenvalue weighted by Crippen LogP contribution is 2.40. The fourth-order valence-corrected chi connectivity index (χ4v) is 4.05. The van der Waals surface area contributed by atoms with E-state index in [0.717, 1.165) is 18.7 Å². The van der Waals surface area contributed by atoms with Gasteiger partial charge in [0.15, 0.2) is 0 Å². The van der Waals surface area contributed by atoms with Gasteiger partial charge >= 0.3 is 0 Å². The minimum Gasteiger partial charge on any atom is -0.377 e. The summed E-state index contributed by atoms with van der Waals surface area (Å²) in [6, 6.07) is 13.7. The summed E-state index contributed by atoms with van der Waals surface area (Å²) in [7, 11) is 4.14. The number of nitrogens with zero attached hydrogens (tertiary/aromatic N) is 2. The van der Waals surface area contributed by atoms with Crippen molar-refractivity contribution in [3.8, 4) is 0 Å². The summed E-state index contributed by atoms with van der Waals surface area (Å²) in [5.74, 6) is -0.137. The van der Waals surface area contributed by atoms with Crippen molar-refractivity contribution < 1.29 is 4.39 Å². The number of rotatable bonds is 5. The van der Waals surface area contributed by atoms with Crippen LogP contribution in [0.15, 0.2) is 42.5 Å². The molecule has 1 aliphatic heterocycles. The molecule has 0 saturated heterocycles. The smallest absolute Gasteiger partial charge is 0.126 e. The Morgan fingerprint density at radius 3 is 2.52 bits per heavy atom. The number of halogens is 1. The van der Waals surface area contributed by atoms with Crippen molar-refractivity contribution in [2.24, 2.45) is 5.73 Å². The molecule has 0 aliphatic carbocycles. The van der Waals surface area contributed by atoms with Crippen LogP contribution in [0, 0.1) is 5.82 Å². The molecule has 0 saturated carbocycles. The Hall–Kier alpha value is -1.91. The van der Waals surface area contributed by atoms with Crippen LogP contribution in [0.2, 0.25) is 0 Å². The lowest BCUT2D eigenvalue weighted by Gasteiger charge is -2.34. The van der Waals surface area contributed by atoms with Crippen molar-refractivity contribution in [1.29, 1.82) is 0 Å². The Morgan fingerprint density at radius 1 is 1.16 bits per heavy atom. The number of anilines is 1. The topological polar surface area (TPSA) is 32.5 Å². The maximum Gasteiger partial charge on any atom is 0.126 e. The number of fused-ring (bicyclic) bond motifs is 1. The first-order valence-electron chi connectivity index (χ1n) is 8.83. The van der Waals surface area contributed by atoms with Crippen molar-refractivity contribution in [3.05, 3.63) is 65.0 Å². The maximum absolute atomic E-state index is 14.3. The molecule has 0 fully saturated rings. The van der Waals surface area contributed by atoms with Crippen LogP contribution in [0.3, 0.4) is 0 Å². The normalized spacial score (nSPS) is 17.6. The molecular weight excluding hydrogens is 313 g/mol. The zero-order valence-electron chi connectivity index (χ0n) is 15.6. The molecule has 0 amide bonds. The van der Waals surface area contributed by atoms with Crippen LogP contribution in [0.5, 0.6) is 0 Å². The van der Waals surface area contributed by atoms with E-state index in [1.54, 1.807) is 12.1 Å². The summed E-state index contributed by atoms with van der Waals surface area (Å²) in [6.45, 7) is 6.39. The average Bonchev–Trinajstić information content (AvgIpc) is 2.90. The van der Waals surface area contributed by atoms with Crippen molar-refractivity contribution >= 4 is 5.69 Å². The lowest BCUT2D eigenvalue weighted by atomic mass is 9.83. The van der Waals surface area contributed by atoms with E-state index in [4.69, 9.17) is 5.73 Å². The quantitative estimate of drug-likeness (QED) is 0.900. The van der Waals surface area contributed by atoms with Crippen LogP contribution in [0.4, 0.5) is 10.1 Å². The molecule has 0 spiro atoms. The molecule has 3 rings (SSSR count). The average molecular weight is 341 g/mol. The van der Waals surface area contributed by atoms with Crippen LogP contribution in [-0.2, 0) is 12.0 Å².